The summed E-state index contributed by atoms with van der Waals surface area (Å²) < 4.78 is 38.1. The van der Waals surface area contributed by atoms with Gasteiger partial charge in [-0.3, -0.25) is 14.5 Å². The Morgan fingerprint density at radius 2 is 1.57 bits per heavy atom. The molecule has 9 heteroatoms. The molecule has 0 spiro atoms. The van der Waals surface area contributed by atoms with Gasteiger partial charge in [0, 0.05) is 19.4 Å². The maximum atomic E-state index is 12.6. The van der Waals surface area contributed by atoms with Gasteiger partial charge in [-0.05, 0) is 54.8 Å². The minimum atomic E-state index is -3.73. The molecule has 1 aliphatic rings. The van der Waals surface area contributed by atoms with E-state index in [-0.39, 0.29) is 23.3 Å². The summed E-state index contributed by atoms with van der Waals surface area (Å²) in [5.74, 6) is 0.646. The molecule has 30 heavy (non-hydrogen) atoms. The second-order valence-corrected chi connectivity index (χ2v) is 8.57. The zero-order valence-corrected chi connectivity index (χ0v) is 17.7. The lowest BCUT2D eigenvalue weighted by molar-refractivity contribution is -0.129. The number of methoxy groups -OCH3 is 2. The Kier molecular flexibility index (Phi) is 6.73. The summed E-state index contributed by atoms with van der Waals surface area (Å²) in [5, 5.41) is 0. The normalized spacial score (nSPS) is 14.7. The van der Waals surface area contributed by atoms with Gasteiger partial charge in [0.25, 0.3) is 0 Å². The van der Waals surface area contributed by atoms with E-state index in [4.69, 9.17) is 9.47 Å². The quantitative estimate of drug-likeness (QED) is 0.642. The number of piperidine rings is 1. The largest absolute Gasteiger partial charge is 0.493 e. The number of benzene rings is 2. The van der Waals surface area contributed by atoms with Gasteiger partial charge < -0.3 is 9.47 Å². The number of hydrogen-bond acceptors (Lipinski definition) is 6. The van der Waals surface area contributed by atoms with Crippen LogP contribution < -0.4 is 19.1 Å². The third kappa shape index (κ3) is 4.80. The van der Waals surface area contributed by atoms with Crippen molar-refractivity contribution < 1.29 is 27.5 Å². The number of sulfonamides is 1. The Morgan fingerprint density at radius 1 is 0.933 bits per heavy atom. The molecule has 3 rings (SSSR count). The van der Waals surface area contributed by atoms with Gasteiger partial charge in [0.2, 0.25) is 21.8 Å². The lowest BCUT2D eigenvalue weighted by Gasteiger charge is -2.24. The van der Waals surface area contributed by atoms with Crippen LogP contribution in [0.5, 0.6) is 11.5 Å². The first-order valence-corrected chi connectivity index (χ1v) is 11.0. The highest BCUT2D eigenvalue weighted by Gasteiger charge is 2.27. The van der Waals surface area contributed by atoms with E-state index in [0.29, 0.717) is 42.9 Å². The molecule has 0 saturated carbocycles. The van der Waals surface area contributed by atoms with E-state index >= 15 is 0 Å². The topological polar surface area (TPSA) is 102 Å². The van der Waals surface area contributed by atoms with Crippen LogP contribution in [0.15, 0.2) is 47.4 Å². The summed E-state index contributed by atoms with van der Waals surface area (Å²) in [6.45, 7) is 0.197. The Labute approximate surface area is 175 Å². The van der Waals surface area contributed by atoms with Crippen LogP contribution in [0.1, 0.15) is 24.8 Å². The molecule has 0 bridgehead atoms. The summed E-state index contributed by atoms with van der Waals surface area (Å²) in [6, 6.07) is 11.1. The summed E-state index contributed by atoms with van der Waals surface area (Å²) in [4.78, 5) is 25.2. The minimum absolute atomic E-state index is 0.0652. The molecule has 1 aliphatic heterocycles. The van der Waals surface area contributed by atoms with Crippen LogP contribution in [-0.4, -0.2) is 41.0 Å². The number of rotatable bonds is 8. The summed E-state index contributed by atoms with van der Waals surface area (Å²) in [7, 11) is -0.637. The average molecular weight is 432 g/mol. The third-order valence-electron chi connectivity index (χ3n) is 4.84. The van der Waals surface area contributed by atoms with Gasteiger partial charge in [-0.1, -0.05) is 6.07 Å². The number of imide groups is 1. The Hall–Kier alpha value is -2.91. The Balaban J connectivity index is 1.64. The molecule has 0 aromatic heterocycles. The fourth-order valence-corrected chi connectivity index (χ4v) is 4.30. The molecular weight excluding hydrogens is 408 g/mol. The maximum absolute atomic E-state index is 12.6. The highest BCUT2D eigenvalue weighted by atomic mass is 32.2. The van der Waals surface area contributed by atoms with Gasteiger partial charge in [-0.25, -0.2) is 13.1 Å². The van der Waals surface area contributed by atoms with Gasteiger partial charge >= 0.3 is 0 Å². The van der Waals surface area contributed by atoms with E-state index < -0.39 is 10.0 Å². The lowest BCUT2D eigenvalue weighted by Crippen LogP contribution is -2.40. The summed E-state index contributed by atoms with van der Waals surface area (Å²) in [5.41, 5.74) is 1.28. The molecule has 160 valence electrons. The highest BCUT2D eigenvalue weighted by molar-refractivity contribution is 7.89. The predicted octanol–water partition coefficient (Wildman–Crippen LogP) is 2.27. The molecule has 0 radical (unpaired) electrons. The number of carbonyl (C=O) groups excluding carboxylic acids is 2. The van der Waals surface area contributed by atoms with E-state index in [9.17, 15) is 18.0 Å². The van der Waals surface area contributed by atoms with Gasteiger partial charge in [-0.15, -0.1) is 0 Å². The van der Waals surface area contributed by atoms with Gasteiger partial charge in [-0.2, -0.15) is 0 Å². The summed E-state index contributed by atoms with van der Waals surface area (Å²) in [6.07, 6.45) is 1.63. The van der Waals surface area contributed by atoms with E-state index in [0.717, 1.165) is 10.5 Å². The lowest BCUT2D eigenvalue weighted by atomic mass is 10.1. The average Bonchev–Trinajstić information content (AvgIpc) is 2.73. The van der Waals surface area contributed by atoms with E-state index in [1.807, 2.05) is 6.07 Å². The molecule has 2 aromatic carbocycles. The molecule has 0 unspecified atom stereocenters. The van der Waals surface area contributed by atoms with Crippen molar-refractivity contribution >= 4 is 27.5 Å². The standard InChI is InChI=1S/C21H24N2O6S/c1-28-18-11-6-15(14-19(18)29-2)12-13-22-30(26,27)17-9-7-16(8-10-17)23-20(24)4-3-5-21(23)25/h6-11,14,22H,3-5,12-13H2,1-2H3. The number of nitrogens with zero attached hydrogens (tertiary/aromatic N) is 1. The van der Waals surface area contributed by atoms with Gasteiger partial charge in [0.15, 0.2) is 11.5 Å². The molecular formula is C21H24N2O6S. The molecule has 8 nitrogen and oxygen atoms in total. The highest BCUT2D eigenvalue weighted by Crippen LogP contribution is 2.28. The van der Waals surface area contributed by atoms with Gasteiger partial charge in [0.1, 0.15) is 0 Å². The van der Waals surface area contributed by atoms with Crippen LogP contribution in [0.4, 0.5) is 5.69 Å². The number of nitrogens with one attached hydrogen (secondary N) is 1. The van der Waals surface area contributed by atoms with Crippen LogP contribution in [0, 0.1) is 0 Å². The van der Waals surface area contributed by atoms with E-state index in [1.54, 1.807) is 26.4 Å². The van der Waals surface area contributed by atoms with E-state index in [2.05, 4.69) is 4.72 Å². The molecule has 1 saturated heterocycles. The zero-order chi connectivity index (χ0) is 21.7. The van der Waals surface area contributed by atoms with Crippen LogP contribution in [0.2, 0.25) is 0 Å². The first-order chi connectivity index (χ1) is 14.4. The minimum Gasteiger partial charge on any atom is -0.493 e. The smallest absolute Gasteiger partial charge is 0.240 e. The number of hydrogen-bond donors (Lipinski definition) is 1. The fraction of sp³-hybridized carbons (Fsp3) is 0.333. The number of amides is 2. The fourth-order valence-electron chi connectivity index (χ4n) is 3.27. The monoisotopic (exact) mass is 432 g/mol. The summed E-state index contributed by atoms with van der Waals surface area (Å²) >= 11 is 0. The predicted molar refractivity (Wildman–Crippen MR) is 111 cm³/mol. The SMILES string of the molecule is COc1ccc(CCNS(=O)(=O)c2ccc(N3C(=O)CCCC3=O)cc2)cc1OC. The van der Waals surface area contributed by atoms with Crippen molar-refractivity contribution in [2.75, 3.05) is 25.7 Å². The first kappa shape index (κ1) is 21.8. The first-order valence-electron chi connectivity index (χ1n) is 9.52. The Bertz CT molecular complexity index is 1020. The van der Waals surface area contributed by atoms with Crippen LogP contribution in [-0.2, 0) is 26.0 Å². The molecule has 1 heterocycles. The molecule has 2 amide bonds. The van der Waals surface area contributed by atoms with Crippen molar-refractivity contribution in [3.63, 3.8) is 0 Å². The van der Waals surface area contributed by atoms with Crippen molar-refractivity contribution in [1.82, 2.24) is 4.72 Å². The van der Waals surface area contributed by atoms with Crippen molar-refractivity contribution in [3.05, 3.63) is 48.0 Å². The number of carbonyl (C=O) groups is 2. The van der Waals surface area contributed by atoms with Crippen LogP contribution in [0.25, 0.3) is 0 Å². The van der Waals surface area contributed by atoms with Gasteiger partial charge in [0.05, 0.1) is 24.8 Å². The molecule has 1 N–H and O–H groups in total. The molecule has 0 aliphatic carbocycles. The van der Waals surface area contributed by atoms with Crippen LogP contribution >= 0.6 is 0 Å². The third-order valence-corrected chi connectivity index (χ3v) is 6.32. The van der Waals surface area contributed by atoms with Crippen molar-refractivity contribution in [2.45, 2.75) is 30.6 Å². The second-order valence-electron chi connectivity index (χ2n) is 6.81. The maximum Gasteiger partial charge on any atom is 0.240 e. The number of ether oxygens (including phenoxy) is 2. The zero-order valence-electron chi connectivity index (χ0n) is 16.9. The second kappa shape index (κ2) is 9.27. The van der Waals surface area contributed by atoms with Crippen molar-refractivity contribution in [2.24, 2.45) is 0 Å². The van der Waals surface area contributed by atoms with Crippen molar-refractivity contribution in [3.8, 4) is 11.5 Å². The van der Waals surface area contributed by atoms with E-state index in [1.165, 1.54) is 24.3 Å². The molecule has 0 atom stereocenters. The Morgan fingerprint density at radius 3 is 2.17 bits per heavy atom. The number of anilines is 1. The van der Waals surface area contributed by atoms with Crippen LogP contribution in [0.3, 0.4) is 0 Å². The molecule has 2 aromatic rings. The van der Waals surface area contributed by atoms with Crippen molar-refractivity contribution in [1.29, 1.82) is 0 Å². The molecule has 1 fully saturated rings.